The second-order valence-electron chi connectivity index (χ2n) is 6.91. The number of carbonyl (C=O) groups excluding carboxylic acids is 1. The van der Waals surface area contributed by atoms with Gasteiger partial charge in [0.25, 0.3) is 0 Å². The molecule has 1 aliphatic rings. The van der Waals surface area contributed by atoms with Gasteiger partial charge in [-0.05, 0) is 17.9 Å². The van der Waals surface area contributed by atoms with Gasteiger partial charge < -0.3 is 15.3 Å². The molecule has 0 saturated carbocycles. The van der Waals surface area contributed by atoms with Crippen LogP contribution in [0.1, 0.15) is 25.8 Å². The van der Waals surface area contributed by atoms with E-state index >= 15 is 0 Å². The Morgan fingerprint density at radius 1 is 1.27 bits per heavy atom. The third-order valence-corrected chi connectivity index (χ3v) is 4.63. The first-order valence-electron chi connectivity index (χ1n) is 8.48. The molecule has 0 aliphatic carbocycles. The molecule has 1 amide bonds. The number of alkyl halides is 3. The zero-order chi connectivity index (χ0) is 19.5. The maximum atomic E-state index is 13.0. The molecule has 144 valence electrons. The highest BCUT2D eigenvalue weighted by Crippen LogP contribution is 2.37. The number of carboxylic acids is 1. The average molecular weight is 372 g/mol. The van der Waals surface area contributed by atoms with Crippen LogP contribution in [0.15, 0.2) is 30.3 Å². The summed E-state index contributed by atoms with van der Waals surface area (Å²) in [7, 11) is 0. The van der Waals surface area contributed by atoms with Crippen molar-refractivity contribution in [3.8, 4) is 0 Å². The van der Waals surface area contributed by atoms with Crippen LogP contribution < -0.4 is 5.32 Å². The minimum Gasteiger partial charge on any atom is -0.480 e. The van der Waals surface area contributed by atoms with Gasteiger partial charge in [0, 0.05) is 13.1 Å². The lowest BCUT2D eigenvalue weighted by Crippen LogP contribution is -2.52. The van der Waals surface area contributed by atoms with E-state index in [0.29, 0.717) is 6.54 Å². The molecule has 0 aromatic heterocycles. The minimum absolute atomic E-state index is 0.203. The Hall–Kier alpha value is -2.09. The molecule has 26 heavy (non-hydrogen) atoms. The molecule has 1 fully saturated rings. The molecule has 8 heteroatoms. The number of rotatable bonds is 6. The number of benzene rings is 1. The topological polar surface area (TPSA) is 69.6 Å². The number of halogens is 3. The Morgan fingerprint density at radius 2 is 1.88 bits per heavy atom. The van der Waals surface area contributed by atoms with E-state index in [1.807, 2.05) is 30.3 Å². The van der Waals surface area contributed by atoms with Crippen LogP contribution in [0.5, 0.6) is 0 Å². The fraction of sp³-hybridized carbons (Fsp3) is 0.556. The Labute approximate surface area is 150 Å². The van der Waals surface area contributed by atoms with E-state index in [2.05, 4.69) is 5.32 Å². The molecule has 3 atom stereocenters. The average Bonchev–Trinajstić information content (AvgIpc) is 3.01. The molecule has 1 saturated heterocycles. The second kappa shape index (κ2) is 8.07. The number of nitrogens with zero attached hydrogens (tertiary/aromatic N) is 1. The Balaban J connectivity index is 2.14. The van der Waals surface area contributed by atoms with Crippen molar-refractivity contribution in [1.82, 2.24) is 10.2 Å². The lowest BCUT2D eigenvalue weighted by atomic mass is 10.0. The number of hydrogen-bond donors (Lipinski definition) is 2. The lowest BCUT2D eigenvalue weighted by Gasteiger charge is -2.29. The van der Waals surface area contributed by atoms with E-state index in [1.165, 1.54) is 0 Å². The van der Waals surface area contributed by atoms with Gasteiger partial charge in [-0.3, -0.25) is 4.79 Å². The SMILES string of the molecule is CC(C)C(NCc1ccccc1)C(=O)N1C[C@H](C(F)(F)F)C[C@H]1C(=O)O. The monoisotopic (exact) mass is 372 g/mol. The second-order valence-corrected chi connectivity index (χ2v) is 6.91. The Morgan fingerprint density at radius 3 is 2.38 bits per heavy atom. The summed E-state index contributed by atoms with van der Waals surface area (Å²) in [4.78, 5) is 25.1. The number of amides is 1. The van der Waals surface area contributed by atoms with Crippen molar-refractivity contribution < 1.29 is 27.9 Å². The van der Waals surface area contributed by atoms with Gasteiger partial charge in [0.1, 0.15) is 6.04 Å². The van der Waals surface area contributed by atoms with Crippen molar-refractivity contribution in [3.05, 3.63) is 35.9 Å². The van der Waals surface area contributed by atoms with Crippen molar-refractivity contribution in [2.45, 2.75) is 45.1 Å². The fourth-order valence-corrected chi connectivity index (χ4v) is 3.16. The molecule has 0 bridgehead atoms. The fourth-order valence-electron chi connectivity index (χ4n) is 3.16. The number of carboxylic acid groups (broad SMARTS) is 1. The molecule has 1 aliphatic heterocycles. The van der Waals surface area contributed by atoms with Crippen LogP contribution in [0.25, 0.3) is 0 Å². The first-order chi connectivity index (χ1) is 12.1. The highest BCUT2D eigenvalue weighted by molar-refractivity contribution is 5.87. The lowest BCUT2D eigenvalue weighted by molar-refractivity contribution is -0.171. The van der Waals surface area contributed by atoms with Crippen LogP contribution in [0.2, 0.25) is 0 Å². The Kier molecular flexibility index (Phi) is 6.28. The van der Waals surface area contributed by atoms with Gasteiger partial charge in [0.2, 0.25) is 5.91 Å². The highest BCUT2D eigenvalue weighted by atomic mass is 19.4. The Bertz CT molecular complexity index is 634. The smallest absolute Gasteiger partial charge is 0.393 e. The number of nitrogens with one attached hydrogen (secondary N) is 1. The molecule has 0 radical (unpaired) electrons. The van der Waals surface area contributed by atoms with Crippen LogP contribution >= 0.6 is 0 Å². The molecular formula is C18H23F3N2O3. The van der Waals surface area contributed by atoms with Crippen LogP contribution in [-0.4, -0.2) is 46.7 Å². The molecular weight excluding hydrogens is 349 g/mol. The third-order valence-electron chi connectivity index (χ3n) is 4.63. The number of hydrogen-bond acceptors (Lipinski definition) is 3. The molecule has 1 aromatic rings. The molecule has 2 N–H and O–H groups in total. The predicted octanol–water partition coefficient (Wildman–Crippen LogP) is 2.66. The predicted molar refractivity (Wildman–Crippen MR) is 89.2 cm³/mol. The van der Waals surface area contributed by atoms with E-state index < -0.39 is 49.0 Å². The van der Waals surface area contributed by atoms with E-state index in [9.17, 15) is 27.9 Å². The van der Waals surface area contributed by atoms with Crippen molar-refractivity contribution in [3.63, 3.8) is 0 Å². The summed E-state index contributed by atoms with van der Waals surface area (Å²) in [5.41, 5.74) is 0.926. The summed E-state index contributed by atoms with van der Waals surface area (Å²) in [5.74, 6) is -4.02. The summed E-state index contributed by atoms with van der Waals surface area (Å²) in [6.07, 6.45) is -5.12. The van der Waals surface area contributed by atoms with E-state index in [0.717, 1.165) is 10.5 Å². The summed E-state index contributed by atoms with van der Waals surface area (Å²) >= 11 is 0. The quantitative estimate of drug-likeness (QED) is 0.806. The molecule has 5 nitrogen and oxygen atoms in total. The van der Waals surface area contributed by atoms with Crippen LogP contribution in [0.3, 0.4) is 0 Å². The van der Waals surface area contributed by atoms with E-state index in [1.54, 1.807) is 13.8 Å². The molecule has 2 rings (SSSR count). The number of aliphatic carboxylic acids is 1. The van der Waals surface area contributed by atoms with Crippen molar-refractivity contribution in [1.29, 1.82) is 0 Å². The summed E-state index contributed by atoms with van der Waals surface area (Å²) in [6.45, 7) is 3.29. The molecule has 1 aromatic carbocycles. The summed E-state index contributed by atoms with van der Waals surface area (Å²) < 4.78 is 39.1. The van der Waals surface area contributed by atoms with E-state index in [4.69, 9.17) is 0 Å². The van der Waals surface area contributed by atoms with Gasteiger partial charge in [-0.15, -0.1) is 0 Å². The first-order valence-corrected chi connectivity index (χ1v) is 8.48. The molecule has 0 spiro atoms. The highest BCUT2D eigenvalue weighted by Gasteiger charge is 2.51. The summed E-state index contributed by atoms with van der Waals surface area (Å²) in [6, 6.07) is 7.07. The number of likely N-dealkylation sites (tertiary alicyclic amines) is 1. The van der Waals surface area contributed by atoms with E-state index in [-0.39, 0.29) is 5.92 Å². The zero-order valence-electron chi connectivity index (χ0n) is 14.7. The molecule has 1 heterocycles. The maximum absolute atomic E-state index is 13.0. The summed E-state index contributed by atoms with van der Waals surface area (Å²) in [5, 5.41) is 12.3. The van der Waals surface area contributed by atoms with Gasteiger partial charge in [-0.25, -0.2) is 4.79 Å². The van der Waals surface area contributed by atoms with Gasteiger partial charge in [-0.2, -0.15) is 13.2 Å². The minimum atomic E-state index is -4.52. The number of carbonyl (C=O) groups is 2. The van der Waals surface area contributed by atoms with Gasteiger partial charge >= 0.3 is 12.1 Å². The standard InChI is InChI=1S/C18H23F3N2O3/c1-11(2)15(22-9-12-6-4-3-5-7-12)16(24)23-10-13(18(19,20)21)8-14(23)17(25)26/h3-7,11,13-15,22H,8-10H2,1-2H3,(H,25,26)/t13-,14+,15?/m1/s1. The van der Waals surface area contributed by atoms with Gasteiger partial charge in [0.15, 0.2) is 0 Å². The van der Waals surface area contributed by atoms with Gasteiger partial charge in [-0.1, -0.05) is 44.2 Å². The van der Waals surface area contributed by atoms with Crippen molar-refractivity contribution >= 4 is 11.9 Å². The van der Waals surface area contributed by atoms with Crippen LogP contribution in [0, 0.1) is 11.8 Å². The largest absolute Gasteiger partial charge is 0.480 e. The normalized spacial score (nSPS) is 21.8. The van der Waals surface area contributed by atoms with Crippen LogP contribution in [0.4, 0.5) is 13.2 Å². The maximum Gasteiger partial charge on any atom is 0.393 e. The van der Waals surface area contributed by atoms with Crippen LogP contribution in [-0.2, 0) is 16.1 Å². The third kappa shape index (κ3) is 4.75. The van der Waals surface area contributed by atoms with Crippen molar-refractivity contribution in [2.75, 3.05) is 6.54 Å². The molecule has 1 unspecified atom stereocenters. The van der Waals surface area contributed by atoms with Crippen molar-refractivity contribution in [2.24, 2.45) is 11.8 Å². The zero-order valence-corrected chi connectivity index (χ0v) is 14.7. The first kappa shape index (κ1) is 20.2. The van der Waals surface area contributed by atoms with Gasteiger partial charge in [0.05, 0.1) is 12.0 Å².